The lowest BCUT2D eigenvalue weighted by Gasteiger charge is -2.36. The lowest BCUT2D eigenvalue weighted by Crippen LogP contribution is -2.39. The third kappa shape index (κ3) is 10.5. The summed E-state index contributed by atoms with van der Waals surface area (Å²) in [5.74, 6) is 0.321. The highest BCUT2D eigenvalue weighted by atomic mass is 28.4. The second-order valence-electron chi connectivity index (χ2n) is 15.0. The molecule has 3 aromatic heterocycles. The van der Waals surface area contributed by atoms with Crippen molar-refractivity contribution in [2.75, 3.05) is 0 Å². The maximum Gasteiger partial charge on any atom is 0.185 e. The largest absolute Gasteiger partial charge is 0.472 e. The summed E-state index contributed by atoms with van der Waals surface area (Å²) in [6, 6.07) is 35.4. The first kappa shape index (κ1) is 40.3. The van der Waals surface area contributed by atoms with Gasteiger partial charge in [0, 0.05) is 16.7 Å². The van der Waals surface area contributed by atoms with Crippen molar-refractivity contribution >= 4 is 22.9 Å². The van der Waals surface area contributed by atoms with Crippen LogP contribution in [0, 0.1) is 0 Å². The van der Waals surface area contributed by atoms with Gasteiger partial charge in [-0.25, -0.2) is 0 Å². The van der Waals surface area contributed by atoms with Gasteiger partial charge in [-0.3, -0.25) is 4.79 Å². The van der Waals surface area contributed by atoms with E-state index in [4.69, 9.17) is 22.1 Å². The molecule has 9 heteroatoms. The van der Waals surface area contributed by atoms with Gasteiger partial charge < -0.3 is 27.2 Å². The van der Waals surface area contributed by atoms with Gasteiger partial charge >= 0.3 is 0 Å². The Hall–Kier alpha value is -4.52. The van der Waals surface area contributed by atoms with Crippen LogP contribution in [0.25, 0.3) is 0 Å². The molecule has 0 amide bonds. The molecular formula is C43H52O7Si2. The molecule has 6 aromatic rings. The molecular weight excluding hydrogens is 685 g/mol. The van der Waals surface area contributed by atoms with E-state index >= 15 is 0 Å². The SMILES string of the molecule is CC(O)(c1ccccc1)c1ccoc1.CC(O[Si](C)(C)C)(c1ccccc1)c1ccoc1.CC(O[Si](C)(C)C)(c1ccccc1)c1coc(C=O)c1. The molecule has 0 saturated heterocycles. The smallest absolute Gasteiger partial charge is 0.185 e. The summed E-state index contributed by atoms with van der Waals surface area (Å²) in [5.41, 5.74) is 3.77. The fraction of sp³-hybridized carbons (Fsp3) is 0.279. The second-order valence-corrected chi connectivity index (χ2v) is 23.9. The Balaban J connectivity index is 0.000000177. The Morgan fingerprint density at radius 2 is 0.942 bits per heavy atom. The van der Waals surface area contributed by atoms with Crippen molar-refractivity contribution in [3.05, 3.63) is 180 Å². The van der Waals surface area contributed by atoms with E-state index in [2.05, 4.69) is 58.3 Å². The minimum absolute atomic E-state index is 0.321. The number of hydrogen-bond donors (Lipinski definition) is 1. The van der Waals surface area contributed by atoms with Crippen LogP contribution in [-0.4, -0.2) is 28.0 Å². The molecule has 52 heavy (non-hydrogen) atoms. The summed E-state index contributed by atoms with van der Waals surface area (Å²) >= 11 is 0. The Morgan fingerprint density at radius 3 is 1.31 bits per heavy atom. The maximum atomic E-state index is 10.8. The van der Waals surface area contributed by atoms with E-state index in [1.165, 1.54) is 0 Å². The van der Waals surface area contributed by atoms with Crippen LogP contribution in [0.2, 0.25) is 39.3 Å². The number of benzene rings is 3. The van der Waals surface area contributed by atoms with Crippen molar-refractivity contribution in [3.63, 3.8) is 0 Å². The van der Waals surface area contributed by atoms with Gasteiger partial charge in [0.25, 0.3) is 0 Å². The van der Waals surface area contributed by atoms with E-state index in [0.717, 1.165) is 33.4 Å². The number of rotatable bonds is 11. The van der Waals surface area contributed by atoms with E-state index in [0.29, 0.717) is 12.0 Å². The van der Waals surface area contributed by atoms with E-state index in [1.807, 2.05) is 91.9 Å². The summed E-state index contributed by atoms with van der Waals surface area (Å²) in [6.07, 6.45) is 8.91. The van der Waals surface area contributed by atoms with Gasteiger partial charge in [0.15, 0.2) is 28.7 Å². The summed E-state index contributed by atoms with van der Waals surface area (Å²) in [4.78, 5) is 10.8. The van der Waals surface area contributed by atoms with Crippen molar-refractivity contribution in [2.24, 2.45) is 0 Å². The van der Waals surface area contributed by atoms with Crippen LogP contribution in [0.3, 0.4) is 0 Å². The highest BCUT2D eigenvalue weighted by Gasteiger charge is 2.37. The summed E-state index contributed by atoms with van der Waals surface area (Å²) in [7, 11) is -3.46. The van der Waals surface area contributed by atoms with E-state index in [-0.39, 0.29) is 0 Å². The minimum Gasteiger partial charge on any atom is -0.472 e. The van der Waals surface area contributed by atoms with Crippen LogP contribution in [0.1, 0.15) is 64.7 Å². The van der Waals surface area contributed by atoms with E-state index in [1.54, 1.807) is 50.4 Å². The van der Waals surface area contributed by atoms with Gasteiger partial charge in [0.2, 0.25) is 0 Å². The zero-order valence-corrected chi connectivity index (χ0v) is 33.8. The van der Waals surface area contributed by atoms with Gasteiger partial charge in [-0.1, -0.05) is 91.0 Å². The van der Waals surface area contributed by atoms with Crippen LogP contribution in [0.15, 0.2) is 154 Å². The Morgan fingerprint density at radius 1 is 0.538 bits per heavy atom. The molecule has 3 heterocycles. The molecule has 6 rings (SSSR count). The van der Waals surface area contributed by atoms with Crippen LogP contribution in [0.4, 0.5) is 0 Å². The predicted molar refractivity (Wildman–Crippen MR) is 211 cm³/mol. The topological polar surface area (TPSA) is 95.2 Å². The van der Waals surface area contributed by atoms with Crippen molar-refractivity contribution in [3.8, 4) is 0 Å². The second kappa shape index (κ2) is 16.9. The van der Waals surface area contributed by atoms with Gasteiger partial charge in [-0.2, -0.15) is 0 Å². The molecule has 3 aromatic carbocycles. The third-order valence-corrected chi connectivity index (χ3v) is 10.5. The first-order chi connectivity index (χ1) is 24.5. The molecule has 0 bridgehead atoms. The van der Waals surface area contributed by atoms with Crippen molar-refractivity contribution < 1.29 is 32.0 Å². The number of furan rings is 3. The van der Waals surface area contributed by atoms with Crippen LogP contribution >= 0.6 is 0 Å². The average molecular weight is 737 g/mol. The number of carbonyl (C=O) groups is 1. The highest BCUT2D eigenvalue weighted by molar-refractivity contribution is 6.70. The quantitative estimate of drug-likeness (QED) is 0.104. The molecule has 0 aliphatic rings. The van der Waals surface area contributed by atoms with Crippen molar-refractivity contribution in [2.45, 2.75) is 76.9 Å². The van der Waals surface area contributed by atoms with Gasteiger partial charge in [-0.15, -0.1) is 0 Å². The third-order valence-electron chi connectivity index (χ3n) is 8.45. The number of hydrogen-bond acceptors (Lipinski definition) is 7. The first-order valence-electron chi connectivity index (χ1n) is 17.4. The monoisotopic (exact) mass is 736 g/mol. The Bertz CT molecular complexity index is 1910. The van der Waals surface area contributed by atoms with Gasteiger partial charge in [0.05, 0.1) is 31.3 Å². The lowest BCUT2D eigenvalue weighted by molar-refractivity contribution is 0.101. The molecule has 0 radical (unpaired) electrons. The standard InChI is InChI=1S/C16H20O3Si.C15H20O2Si.C12H12O2/c1-16(19-20(2,3)4,13-8-6-5-7-9-13)14-10-15(11-17)18-12-14;1-15(17-18(2,3)4,14-10-11-16-12-14)13-8-6-5-7-9-13;1-12(13,11-7-8-14-9-11)10-5-3-2-4-6-10/h5-12H,1-4H3;5-12H,1-4H3;2-9,13H,1H3. The average Bonchev–Trinajstić information content (AvgIpc) is 3.93. The highest BCUT2D eigenvalue weighted by Crippen LogP contribution is 2.38. The predicted octanol–water partition coefficient (Wildman–Crippen LogP) is 11.1. The lowest BCUT2D eigenvalue weighted by atomic mass is 9.90. The Kier molecular flexibility index (Phi) is 13.1. The molecule has 7 nitrogen and oxygen atoms in total. The molecule has 0 saturated carbocycles. The fourth-order valence-corrected chi connectivity index (χ4v) is 8.90. The molecule has 3 atom stereocenters. The molecule has 0 spiro atoms. The number of carbonyl (C=O) groups excluding carboxylic acids is 1. The zero-order valence-electron chi connectivity index (χ0n) is 31.8. The fourth-order valence-electron chi connectivity index (χ4n) is 5.98. The summed E-state index contributed by atoms with van der Waals surface area (Å²) in [5, 5.41) is 10.3. The zero-order chi connectivity index (χ0) is 38.0. The maximum absolute atomic E-state index is 10.8. The van der Waals surface area contributed by atoms with E-state index < -0.39 is 33.4 Å². The minimum atomic E-state index is -1.79. The Labute approximate surface area is 310 Å². The normalized spacial score (nSPS) is 15.0. The van der Waals surface area contributed by atoms with Gasteiger partial charge in [-0.05, 0) is 94.9 Å². The van der Waals surface area contributed by atoms with Crippen LogP contribution in [0.5, 0.6) is 0 Å². The van der Waals surface area contributed by atoms with Gasteiger partial charge in [0.1, 0.15) is 16.8 Å². The van der Waals surface area contributed by atoms with Crippen LogP contribution in [-0.2, 0) is 25.7 Å². The molecule has 0 fully saturated rings. The van der Waals surface area contributed by atoms with Crippen molar-refractivity contribution in [1.82, 2.24) is 0 Å². The molecule has 3 unspecified atom stereocenters. The summed E-state index contributed by atoms with van der Waals surface area (Å²) < 4.78 is 28.3. The molecule has 0 aliphatic carbocycles. The first-order valence-corrected chi connectivity index (χ1v) is 24.2. The summed E-state index contributed by atoms with van der Waals surface area (Å²) in [6.45, 7) is 19.0. The number of aldehydes is 1. The van der Waals surface area contributed by atoms with E-state index in [9.17, 15) is 9.90 Å². The van der Waals surface area contributed by atoms with Crippen LogP contribution < -0.4 is 0 Å². The van der Waals surface area contributed by atoms with Crippen molar-refractivity contribution in [1.29, 1.82) is 0 Å². The molecule has 1 N–H and O–H groups in total. The number of aliphatic hydroxyl groups is 1. The molecule has 274 valence electrons. The molecule has 0 aliphatic heterocycles.